The summed E-state index contributed by atoms with van der Waals surface area (Å²) in [6.07, 6.45) is 3.53. The first-order valence-corrected chi connectivity index (χ1v) is 13.1. The van der Waals surface area contributed by atoms with Crippen LogP contribution in [0.5, 0.6) is 11.5 Å². The summed E-state index contributed by atoms with van der Waals surface area (Å²) < 4.78 is 58.0. The molecule has 0 aliphatic carbocycles. The molecule has 0 radical (unpaired) electrons. The maximum Gasteiger partial charge on any atom is 0.248 e. The van der Waals surface area contributed by atoms with E-state index in [9.17, 15) is 17.6 Å². The summed E-state index contributed by atoms with van der Waals surface area (Å²) in [4.78, 5) is 12.8. The molecule has 1 aliphatic rings. The number of rotatable bonds is 8. The number of ether oxygens (including phenoxy) is 2. The number of hydrogen-bond acceptors (Lipinski definition) is 7. The number of piperidine rings is 1. The monoisotopic (exact) mass is 529 g/mol. The molecule has 0 spiro atoms. The van der Waals surface area contributed by atoms with Gasteiger partial charge in [0, 0.05) is 48.5 Å². The minimum atomic E-state index is -3.95. The molecular weight excluding hydrogens is 501 g/mol. The Morgan fingerprint density at radius 2 is 1.76 bits per heavy atom. The summed E-state index contributed by atoms with van der Waals surface area (Å²) in [6, 6.07) is 11.2. The van der Waals surface area contributed by atoms with Gasteiger partial charge in [-0.25, -0.2) is 12.8 Å². The van der Waals surface area contributed by atoms with E-state index in [1.165, 1.54) is 36.7 Å². The van der Waals surface area contributed by atoms with Gasteiger partial charge < -0.3 is 19.3 Å². The maximum atomic E-state index is 14.0. The molecule has 0 unspecified atom stereocenters. The number of nitrogens with one attached hydrogen (secondary N) is 1. The van der Waals surface area contributed by atoms with Crippen LogP contribution in [0.2, 0.25) is 0 Å². The fourth-order valence-electron chi connectivity index (χ4n) is 4.19. The number of aromatic nitrogens is 1. The lowest BCUT2D eigenvalue weighted by molar-refractivity contribution is -0.120. The van der Waals surface area contributed by atoms with Gasteiger partial charge in [0.1, 0.15) is 23.0 Å². The van der Waals surface area contributed by atoms with Crippen LogP contribution in [0, 0.1) is 18.7 Å². The van der Waals surface area contributed by atoms with Gasteiger partial charge in [-0.3, -0.25) is 4.79 Å². The van der Waals surface area contributed by atoms with Crippen LogP contribution in [-0.2, 0) is 14.8 Å². The lowest BCUT2D eigenvalue weighted by Gasteiger charge is -2.30. The number of aryl methyl sites for hydroxylation is 1. The molecule has 0 saturated carbocycles. The van der Waals surface area contributed by atoms with Crippen molar-refractivity contribution in [3.63, 3.8) is 0 Å². The Bertz CT molecular complexity index is 1390. The highest BCUT2D eigenvalue weighted by atomic mass is 32.2. The average molecular weight is 530 g/mol. The number of nitrogens with zero attached hydrogens (tertiary/aromatic N) is 2. The highest BCUT2D eigenvalue weighted by Crippen LogP contribution is 2.31. The second-order valence-electron chi connectivity index (χ2n) is 8.59. The summed E-state index contributed by atoms with van der Waals surface area (Å²) in [5.74, 6) is 0.0911. The third kappa shape index (κ3) is 5.83. The smallest absolute Gasteiger partial charge is 0.248 e. The van der Waals surface area contributed by atoms with Crippen molar-refractivity contribution in [3.05, 3.63) is 65.3 Å². The van der Waals surface area contributed by atoms with Crippen LogP contribution in [0.15, 0.2) is 51.9 Å². The molecule has 1 amide bonds. The zero-order chi connectivity index (χ0) is 26.6. The van der Waals surface area contributed by atoms with E-state index >= 15 is 0 Å². The van der Waals surface area contributed by atoms with E-state index in [-0.39, 0.29) is 41.3 Å². The molecule has 11 heteroatoms. The minimum absolute atomic E-state index is 0.0209. The molecule has 1 aliphatic heterocycles. The van der Waals surface area contributed by atoms with Gasteiger partial charge in [-0.05, 0) is 38.0 Å². The molecule has 1 fully saturated rings. The first kappa shape index (κ1) is 26.4. The number of amides is 1. The zero-order valence-electron chi connectivity index (χ0n) is 20.7. The van der Waals surface area contributed by atoms with Crippen LogP contribution in [0.4, 0.5) is 10.1 Å². The van der Waals surface area contributed by atoms with E-state index in [4.69, 9.17) is 14.0 Å². The molecule has 2 aromatic carbocycles. The number of carbonyl (C=O) groups is 1. The highest BCUT2D eigenvalue weighted by Gasteiger charge is 2.36. The van der Waals surface area contributed by atoms with Crippen LogP contribution < -0.4 is 14.8 Å². The molecule has 37 heavy (non-hydrogen) atoms. The number of halogens is 1. The van der Waals surface area contributed by atoms with Crippen LogP contribution in [0.25, 0.3) is 12.2 Å². The third-order valence-electron chi connectivity index (χ3n) is 6.19. The lowest BCUT2D eigenvalue weighted by Crippen LogP contribution is -2.41. The Hall–Kier alpha value is -3.70. The van der Waals surface area contributed by atoms with Gasteiger partial charge in [-0.1, -0.05) is 23.4 Å². The average Bonchev–Trinajstić information content (AvgIpc) is 3.28. The van der Waals surface area contributed by atoms with Crippen molar-refractivity contribution >= 4 is 33.8 Å². The highest BCUT2D eigenvalue weighted by molar-refractivity contribution is 7.89. The van der Waals surface area contributed by atoms with E-state index < -0.39 is 15.8 Å². The molecule has 9 nitrogen and oxygen atoms in total. The van der Waals surface area contributed by atoms with E-state index in [1.807, 2.05) is 0 Å². The molecule has 196 valence electrons. The molecule has 0 atom stereocenters. The Morgan fingerprint density at radius 1 is 1.11 bits per heavy atom. The third-order valence-corrected chi connectivity index (χ3v) is 8.25. The summed E-state index contributed by atoms with van der Waals surface area (Å²) in [5, 5.41) is 6.69. The maximum absolute atomic E-state index is 14.0. The zero-order valence-corrected chi connectivity index (χ0v) is 21.5. The first-order valence-electron chi connectivity index (χ1n) is 11.7. The van der Waals surface area contributed by atoms with Gasteiger partial charge in [-0.15, -0.1) is 0 Å². The van der Waals surface area contributed by atoms with Crippen molar-refractivity contribution in [3.8, 4) is 11.5 Å². The lowest BCUT2D eigenvalue weighted by atomic mass is 9.97. The second kappa shape index (κ2) is 11.1. The Morgan fingerprint density at radius 3 is 2.38 bits per heavy atom. The number of carbonyl (C=O) groups excluding carboxylic acids is 1. The number of sulfonamides is 1. The number of hydrogen-bond donors (Lipinski definition) is 1. The molecule has 2 heterocycles. The van der Waals surface area contributed by atoms with Crippen LogP contribution in [0.1, 0.15) is 29.9 Å². The Labute approximate surface area is 214 Å². The molecular formula is C26H28FN3O6S. The fourth-order valence-corrected chi connectivity index (χ4v) is 5.91. The molecule has 0 bridgehead atoms. The summed E-state index contributed by atoms with van der Waals surface area (Å²) in [5.41, 5.74) is 1.03. The van der Waals surface area contributed by atoms with Crippen molar-refractivity contribution in [1.82, 2.24) is 9.46 Å². The standard InChI is InChI=1S/C26H28FN3O6S/c1-17-25(24(36-29-17)9-8-18-6-4-5-7-23(18)27)37(32,33)30-12-10-19(11-13-30)26(31)28-20-14-21(34-2)16-22(15-20)35-3/h4-9,14-16,19H,10-13H2,1-3H3,(H,28,31). The Kier molecular flexibility index (Phi) is 7.94. The van der Waals surface area contributed by atoms with Crippen LogP contribution in [0.3, 0.4) is 0 Å². The number of benzene rings is 2. The van der Waals surface area contributed by atoms with Gasteiger partial charge in [0.2, 0.25) is 15.9 Å². The fraction of sp³-hybridized carbons (Fsp3) is 0.308. The molecule has 1 N–H and O–H groups in total. The van der Waals surface area contributed by atoms with Gasteiger partial charge in [0.25, 0.3) is 0 Å². The molecule has 1 saturated heterocycles. The Balaban J connectivity index is 1.45. The van der Waals surface area contributed by atoms with E-state index in [0.29, 0.717) is 35.6 Å². The first-order chi connectivity index (χ1) is 17.7. The van der Waals surface area contributed by atoms with Crippen molar-refractivity contribution in [2.75, 3.05) is 32.6 Å². The second-order valence-corrected chi connectivity index (χ2v) is 10.5. The van der Waals surface area contributed by atoms with Gasteiger partial charge in [0.15, 0.2) is 10.7 Å². The van der Waals surface area contributed by atoms with Crippen molar-refractivity contribution in [2.24, 2.45) is 5.92 Å². The van der Waals surface area contributed by atoms with Crippen LogP contribution >= 0.6 is 0 Å². The predicted molar refractivity (Wildman–Crippen MR) is 136 cm³/mol. The predicted octanol–water partition coefficient (Wildman–Crippen LogP) is 4.35. The van der Waals surface area contributed by atoms with E-state index in [1.54, 1.807) is 43.3 Å². The van der Waals surface area contributed by atoms with Crippen LogP contribution in [-0.4, -0.2) is 51.1 Å². The normalized spacial score (nSPS) is 15.1. The SMILES string of the molecule is COc1cc(NC(=O)C2CCN(S(=O)(=O)c3c(C)noc3C=Cc3ccccc3F)CC2)cc(OC)c1. The summed E-state index contributed by atoms with van der Waals surface area (Å²) >= 11 is 0. The van der Waals surface area contributed by atoms with Gasteiger partial charge in [0.05, 0.1) is 14.2 Å². The van der Waals surface area contributed by atoms with Gasteiger partial charge >= 0.3 is 0 Å². The number of methoxy groups -OCH3 is 2. The number of anilines is 1. The summed E-state index contributed by atoms with van der Waals surface area (Å²) in [7, 11) is -0.908. The molecule has 4 rings (SSSR count). The summed E-state index contributed by atoms with van der Waals surface area (Å²) in [6.45, 7) is 1.85. The van der Waals surface area contributed by atoms with E-state index in [2.05, 4.69) is 10.5 Å². The molecule has 1 aromatic heterocycles. The molecule has 3 aromatic rings. The largest absolute Gasteiger partial charge is 0.497 e. The van der Waals surface area contributed by atoms with Crippen molar-refractivity contribution in [2.45, 2.75) is 24.7 Å². The van der Waals surface area contributed by atoms with Crippen molar-refractivity contribution in [1.29, 1.82) is 0 Å². The van der Waals surface area contributed by atoms with E-state index in [0.717, 1.165) is 0 Å². The van der Waals surface area contributed by atoms with Gasteiger partial charge in [-0.2, -0.15) is 4.31 Å². The minimum Gasteiger partial charge on any atom is -0.497 e. The topological polar surface area (TPSA) is 111 Å². The van der Waals surface area contributed by atoms with Crippen molar-refractivity contribution < 1.29 is 31.6 Å². The quantitative estimate of drug-likeness (QED) is 0.462.